The first-order valence-electron chi connectivity index (χ1n) is 8.23. The Morgan fingerprint density at radius 3 is 2.67 bits per heavy atom. The fourth-order valence-electron chi connectivity index (χ4n) is 2.14. The summed E-state index contributed by atoms with van der Waals surface area (Å²) in [4.78, 5) is 4.36. The van der Waals surface area contributed by atoms with Gasteiger partial charge in [0.25, 0.3) is 0 Å². The Bertz CT molecular complexity index is 630. The molecular weight excluding hydrogens is 307 g/mol. The molecule has 4 nitrogen and oxygen atoms in total. The SMILES string of the molecule is Cc1ccc(F)cc1OCCOCCNc1ccc(C(C)C)cn1. The molecule has 2 rings (SSSR count). The van der Waals surface area contributed by atoms with Crippen molar-refractivity contribution in [2.24, 2.45) is 0 Å². The molecule has 1 aromatic heterocycles. The molecule has 1 N–H and O–H groups in total. The molecule has 2 aromatic rings. The van der Waals surface area contributed by atoms with E-state index in [9.17, 15) is 4.39 Å². The van der Waals surface area contributed by atoms with Gasteiger partial charge in [-0.05, 0) is 36.1 Å². The van der Waals surface area contributed by atoms with Crippen molar-refractivity contribution in [1.82, 2.24) is 4.98 Å². The molecule has 0 aliphatic carbocycles. The van der Waals surface area contributed by atoms with E-state index in [4.69, 9.17) is 9.47 Å². The summed E-state index contributed by atoms with van der Waals surface area (Å²) in [6, 6.07) is 8.57. The summed E-state index contributed by atoms with van der Waals surface area (Å²) >= 11 is 0. The number of halogens is 1. The van der Waals surface area contributed by atoms with Crippen molar-refractivity contribution >= 4 is 5.82 Å². The second-order valence-corrected chi connectivity index (χ2v) is 5.93. The molecule has 0 aliphatic rings. The van der Waals surface area contributed by atoms with Crippen LogP contribution in [0.1, 0.15) is 30.9 Å². The number of nitrogens with zero attached hydrogens (tertiary/aromatic N) is 1. The molecule has 5 heteroatoms. The third-order valence-corrected chi connectivity index (χ3v) is 3.64. The van der Waals surface area contributed by atoms with Gasteiger partial charge in [0.1, 0.15) is 24.0 Å². The Labute approximate surface area is 143 Å². The van der Waals surface area contributed by atoms with Crippen LogP contribution < -0.4 is 10.1 Å². The lowest BCUT2D eigenvalue weighted by molar-refractivity contribution is 0.107. The fourth-order valence-corrected chi connectivity index (χ4v) is 2.14. The summed E-state index contributed by atoms with van der Waals surface area (Å²) in [5.41, 5.74) is 2.13. The Balaban J connectivity index is 1.59. The van der Waals surface area contributed by atoms with Gasteiger partial charge in [-0.15, -0.1) is 0 Å². The van der Waals surface area contributed by atoms with Crippen LogP contribution in [0.5, 0.6) is 5.75 Å². The maximum atomic E-state index is 13.1. The first kappa shape index (κ1) is 18.2. The van der Waals surface area contributed by atoms with Crippen LogP contribution in [0.4, 0.5) is 10.2 Å². The highest BCUT2D eigenvalue weighted by atomic mass is 19.1. The quantitative estimate of drug-likeness (QED) is 0.700. The molecule has 0 atom stereocenters. The molecular formula is C19H25FN2O2. The number of pyridine rings is 1. The van der Waals surface area contributed by atoms with E-state index in [0.717, 1.165) is 11.4 Å². The van der Waals surface area contributed by atoms with E-state index in [0.29, 0.717) is 38.0 Å². The van der Waals surface area contributed by atoms with E-state index in [1.165, 1.54) is 17.7 Å². The Kier molecular flexibility index (Phi) is 7.00. The lowest BCUT2D eigenvalue weighted by Gasteiger charge is -2.10. The summed E-state index contributed by atoms with van der Waals surface area (Å²) in [5.74, 6) is 1.59. The van der Waals surface area contributed by atoms with Crippen LogP contribution in [0, 0.1) is 12.7 Å². The van der Waals surface area contributed by atoms with Crippen LogP contribution in [0.15, 0.2) is 36.5 Å². The molecule has 1 aromatic carbocycles. The molecule has 0 amide bonds. The minimum Gasteiger partial charge on any atom is -0.491 e. The molecule has 0 radical (unpaired) electrons. The van der Waals surface area contributed by atoms with E-state index in [1.54, 1.807) is 6.07 Å². The van der Waals surface area contributed by atoms with Crippen molar-refractivity contribution in [3.63, 3.8) is 0 Å². The van der Waals surface area contributed by atoms with E-state index < -0.39 is 0 Å². The van der Waals surface area contributed by atoms with Gasteiger partial charge in [0.2, 0.25) is 0 Å². The third-order valence-electron chi connectivity index (χ3n) is 3.64. The minimum absolute atomic E-state index is 0.295. The standard InChI is InChI=1S/C19H25FN2O2/c1-14(2)16-5-7-19(22-13-16)21-8-9-23-10-11-24-18-12-17(20)6-4-15(18)3/h4-7,12-14H,8-11H2,1-3H3,(H,21,22). The van der Waals surface area contributed by atoms with Crippen LogP contribution in [0.2, 0.25) is 0 Å². The topological polar surface area (TPSA) is 43.4 Å². The highest BCUT2D eigenvalue weighted by Gasteiger charge is 2.02. The lowest BCUT2D eigenvalue weighted by atomic mass is 10.1. The molecule has 0 unspecified atom stereocenters. The van der Waals surface area contributed by atoms with Gasteiger partial charge in [-0.3, -0.25) is 0 Å². The smallest absolute Gasteiger partial charge is 0.126 e. The molecule has 0 bridgehead atoms. The number of hydrogen-bond donors (Lipinski definition) is 1. The molecule has 24 heavy (non-hydrogen) atoms. The van der Waals surface area contributed by atoms with Crippen molar-refractivity contribution in [3.05, 3.63) is 53.5 Å². The van der Waals surface area contributed by atoms with E-state index in [2.05, 4.69) is 30.2 Å². The predicted molar refractivity (Wildman–Crippen MR) is 94.3 cm³/mol. The predicted octanol–water partition coefficient (Wildman–Crippen LogP) is 4.16. The molecule has 0 aliphatic heterocycles. The minimum atomic E-state index is -0.295. The number of anilines is 1. The number of rotatable bonds is 9. The van der Waals surface area contributed by atoms with Crippen molar-refractivity contribution in [2.75, 3.05) is 31.7 Å². The molecule has 0 saturated carbocycles. The van der Waals surface area contributed by atoms with Gasteiger partial charge >= 0.3 is 0 Å². The highest BCUT2D eigenvalue weighted by molar-refractivity contribution is 5.36. The number of nitrogens with one attached hydrogen (secondary N) is 1. The average molecular weight is 332 g/mol. The Morgan fingerprint density at radius 2 is 1.96 bits per heavy atom. The van der Waals surface area contributed by atoms with Crippen molar-refractivity contribution in [1.29, 1.82) is 0 Å². The van der Waals surface area contributed by atoms with Gasteiger partial charge < -0.3 is 14.8 Å². The Hall–Kier alpha value is -2.14. The molecule has 1 heterocycles. The zero-order valence-corrected chi connectivity index (χ0v) is 14.5. The molecule has 130 valence electrons. The van der Waals surface area contributed by atoms with E-state index in [1.807, 2.05) is 19.2 Å². The van der Waals surface area contributed by atoms with Crippen molar-refractivity contribution in [2.45, 2.75) is 26.7 Å². The highest BCUT2D eigenvalue weighted by Crippen LogP contribution is 2.18. The van der Waals surface area contributed by atoms with Crippen molar-refractivity contribution < 1.29 is 13.9 Å². The van der Waals surface area contributed by atoms with Gasteiger partial charge in [0, 0.05) is 18.8 Å². The largest absolute Gasteiger partial charge is 0.491 e. The molecule has 0 fully saturated rings. The summed E-state index contributed by atoms with van der Waals surface area (Å²) in [6.45, 7) is 8.25. The maximum absolute atomic E-state index is 13.1. The van der Waals surface area contributed by atoms with E-state index >= 15 is 0 Å². The van der Waals surface area contributed by atoms with Crippen LogP contribution >= 0.6 is 0 Å². The molecule has 0 saturated heterocycles. The maximum Gasteiger partial charge on any atom is 0.126 e. The normalized spacial score (nSPS) is 10.9. The number of aryl methyl sites for hydroxylation is 1. The lowest BCUT2D eigenvalue weighted by Crippen LogP contribution is -2.14. The number of ether oxygens (including phenoxy) is 2. The van der Waals surface area contributed by atoms with E-state index in [-0.39, 0.29) is 5.82 Å². The first-order chi connectivity index (χ1) is 11.6. The second kappa shape index (κ2) is 9.23. The zero-order chi connectivity index (χ0) is 17.4. The number of aromatic nitrogens is 1. The monoisotopic (exact) mass is 332 g/mol. The fraction of sp³-hybridized carbons (Fsp3) is 0.421. The van der Waals surface area contributed by atoms with Gasteiger partial charge in [-0.25, -0.2) is 9.37 Å². The van der Waals surface area contributed by atoms with Crippen molar-refractivity contribution in [3.8, 4) is 5.75 Å². The van der Waals surface area contributed by atoms with Gasteiger partial charge in [-0.1, -0.05) is 26.0 Å². The summed E-state index contributed by atoms with van der Waals surface area (Å²) < 4.78 is 24.1. The second-order valence-electron chi connectivity index (χ2n) is 5.93. The van der Waals surface area contributed by atoms with Crippen LogP contribution in [0.3, 0.4) is 0 Å². The number of benzene rings is 1. The van der Waals surface area contributed by atoms with Gasteiger partial charge in [-0.2, -0.15) is 0 Å². The summed E-state index contributed by atoms with van der Waals surface area (Å²) in [7, 11) is 0. The third kappa shape index (κ3) is 5.81. The summed E-state index contributed by atoms with van der Waals surface area (Å²) in [5, 5.41) is 3.21. The van der Waals surface area contributed by atoms with Crippen LogP contribution in [-0.2, 0) is 4.74 Å². The zero-order valence-electron chi connectivity index (χ0n) is 14.5. The van der Waals surface area contributed by atoms with Crippen LogP contribution in [0.25, 0.3) is 0 Å². The number of hydrogen-bond acceptors (Lipinski definition) is 4. The van der Waals surface area contributed by atoms with Crippen LogP contribution in [-0.4, -0.2) is 31.3 Å². The van der Waals surface area contributed by atoms with Gasteiger partial charge in [0.05, 0.1) is 13.2 Å². The van der Waals surface area contributed by atoms with Gasteiger partial charge in [0.15, 0.2) is 0 Å². The Morgan fingerprint density at radius 1 is 1.12 bits per heavy atom. The summed E-state index contributed by atoms with van der Waals surface area (Å²) in [6.07, 6.45) is 1.89. The first-order valence-corrected chi connectivity index (χ1v) is 8.23. The molecule has 0 spiro atoms. The average Bonchev–Trinajstić information content (AvgIpc) is 2.57.